The molecule has 2 aromatic rings. The summed E-state index contributed by atoms with van der Waals surface area (Å²) in [5.74, 6) is 0. The molecule has 0 aliphatic carbocycles. The zero-order chi connectivity index (χ0) is 11.6. The van der Waals surface area contributed by atoms with Crippen molar-refractivity contribution in [3.63, 3.8) is 0 Å². The summed E-state index contributed by atoms with van der Waals surface area (Å²) >= 11 is 0. The normalized spacial score (nSPS) is 11.4. The van der Waals surface area contributed by atoms with Gasteiger partial charge in [-0.05, 0) is 5.56 Å². The second kappa shape index (κ2) is 3.92. The van der Waals surface area contributed by atoms with E-state index in [2.05, 4.69) is 9.97 Å². The predicted octanol–water partition coefficient (Wildman–Crippen LogP) is 3.16. The van der Waals surface area contributed by atoms with Crippen molar-refractivity contribution >= 4 is 0 Å². The van der Waals surface area contributed by atoms with Gasteiger partial charge < -0.3 is 0 Å². The molecule has 0 bridgehead atoms. The molecule has 0 spiro atoms. The molecule has 0 saturated carbocycles. The molecule has 1 aromatic heterocycles. The molecule has 0 atom stereocenters. The molecule has 0 aliphatic rings. The molecule has 0 fully saturated rings. The number of hydrogen-bond acceptors (Lipinski definition) is 2. The molecule has 1 heterocycles. The molecule has 0 unspecified atom stereocenters. The Hall–Kier alpha value is -1.91. The lowest BCUT2D eigenvalue weighted by atomic mass is 10.1. The summed E-state index contributed by atoms with van der Waals surface area (Å²) in [4.78, 5) is 6.91. The third kappa shape index (κ3) is 2.03. The number of hydrogen-bond donors (Lipinski definition) is 0. The summed E-state index contributed by atoms with van der Waals surface area (Å²) < 4.78 is 37.9. The lowest BCUT2D eigenvalue weighted by Gasteiger charge is -2.10. The van der Waals surface area contributed by atoms with Crippen LogP contribution in [0.4, 0.5) is 13.2 Å². The quantitative estimate of drug-likeness (QED) is 0.743. The number of nitrogens with zero attached hydrogens (tertiary/aromatic N) is 2. The Morgan fingerprint density at radius 2 is 1.69 bits per heavy atom. The maximum Gasteiger partial charge on any atom is 0.434 e. The summed E-state index contributed by atoms with van der Waals surface area (Å²) in [6.07, 6.45) is -2.39. The van der Waals surface area contributed by atoms with Gasteiger partial charge in [-0.15, -0.1) is 0 Å². The smallest absolute Gasteiger partial charge is 0.244 e. The number of alkyl halides is 3. The van der Waals surface area contributed by atoms with Crippen molar-refractivity contribution in [2.45, 2.75) is 6.18 Å². The third-order valence-corrected chi connectivity index (χ3v) is 2.07. The van der Waals surface area contributed by atoms with E-state index in [1.54, 1.807) is 30.3 Å². The summed E-state index contributed by atoms with van der Waals surface area (Å²) in [5, 5.41) is 0. The molecule has 0 amide bonds. The van der Waals surface area contributed by atoms with Gasteiger partial charge in [0, 0.05) is 11.8 Å². The average molecular weight is 224 g/mol. The Morgan fingerprint density at radius 1 is 1.00 bits per heavy atom. The molecular formula is C11H7F3N2. The monoisotopic (exact) mass is 224 g/mol. The minimum absolute atomic E-state index is 0.00407. The molecule has 0 N–H and O–H groups in total. The zero-order valence-electron chi connectivity index (χ0n) is 8.07. The Balaban J connectivity index is 2.58. The van der Waals surface area contributed by atoms with Gasteiger partial charge >= 0.3 is 6.18 Å². The van der Waals surface area contributed by atoms with E-state index < -0.39 is 11.9 Å². The molecular weight excluding hydrogens is 217 g/mol. The maximum atomic E-state index is 12.6. The van der Waals surface area contributed by atoms with Gasteiger partial charge in [0.1, 0.15) is 6.33 Å². The molecule has 5 heteroatoms. The van der Waals surface area contributed by atoms with Crippen molar-refractivity contribution in [3.05, 3.63) is 48.5 Å². The minimum atomic E-state index is -4.46. The molecule has 0 radical (unpaired) electrons. The number of benzene rings is 1. The number of halogens is 3. The van der Waals surface area contributed by atoms with Crippen LogP contribution in [0.1, 0.15) is 5.69 Å². The SMILES string of the molecule is FC(F)(F)c1ncncc1-c1ccccc1. The van der Waals surface area contributed by atoms with Gasteiger partial charge in [-0.2, -0.15) is 13.2 Å². The molecule has 2 nitrogen and oxygen atoms in total. The van der Waals surface area contributed by atoms with Gasteiger partial charge in [0.25, 0.3) is 0 Å². The fourth-order valence-corrected chi connectivity index (χ4v) is 1.38. The Bertz CT molecular complexity index is 480. The van der Waals surface area contributed by atoms with Gasteiger partial charge in [0.15, 0.2) is 5.69 Å². The van der Waals surface area contributed by atoms with E-state index in [1.165, 1.54) is 6.20 Å². The van der Waals surface area contributed by atoms with E-state index in [4.69, 9.17) is 0 Å². The van der Waals surface area contributed by atoms with E-state index in [1.807, 2.05) is 0 Å². The predicted molar refractivity (Wildman–Crippen MR) is 52.5 cm³/mol. The molecule has 0 aliphatic heterocycles. The second-order valence-corrected chi connectivity index (χ2v) is 3.15. The molecule has 2 rings (SSSR count). The van der Waals surface area contributed by atoms with E-state index in [9.17, 15) is 13.2 Å². The topological polar surface area (TPSA) is 25.8 Å². The standard InChI is InChI=1S/C11H7F3N2/c12-11(13,14)10-9(6-15-7-16-10)8-4-2-1-3-5-8/h1-7H. The highest BCUT2D eigenvalue weighted by Crippen LogP contribution is 2.34. The molecule has 16 heavy (non-hydrogen) atoms. The number of aromatic nitrogens is 2. The lowest BCUT2D eigenvalue weighted by Crippen LogP contribution is -2.10. The fraction of sp³-hybridized carbons (Fsp3) is 0.0909. The zero-order valence-corrected chi connectivity index (χ0v) is 8.07. The van der Waals surface area contributed by atoms with Gasteiger partial charge in [-0.1, -0.05) is 30.3 Å². The minimum Gasteiger partial charge on any atom is -0.244 e. The van der Waals surface area contributed by atoms with Crippen LogP contribution in [-0.4, -0.2) is 9.97 Å². The van der Waals surface area contributed by atoms with E-state index in [0.717, 1.165) is 6.33 Å². The van der Waals surface area contributed by atoms with Crippen LogP contribution in [0.3, 0.4) is 0 Å². The number of rotatable bonds is 1. The van der Waals surface area contributed by atoms with Crippen LogP contribution >= 0.6 is 0 Å². The second-order valence-electron chi connectivity index (χ2n) is 3.15. The Kier molecular flexibility index (Phi) is 2.60. The summed E-state index contributed by atoms with van der Waals surface area (Å²) in [5.41, 5.74) is -0.459. The first-order chi connectivity index (χ1) is 7.59. The van der Waals surface area contributed by atoms with Crippen molar-refractivity contribution in [1.82, 2.24) is 9.97 Å². The average Bonchev–Trinajstić information content (AvgIpc) is 2.29. The van der Waals surface area contributed by atoms with Crippen LogP contribution in [0.25, 0.3) is 11.1 Å². The lowest BCUT2D eigenvalue weighted by molar-refractivity contribution is -0.140. The largest absolute Gasteiger partial charge is 0.434 e. The van der Waals surface area contributed by atoms with Crippen molar-refractivity contribution in [1.29, 1.82) is 0 Å². The highest BCUT2D eigenvalue weighted by molar-refractivity contribution is 5.65. The van der Waals surface area contributed by atoms with Crippen molar-refractivity contribution < 1.29 is 13.2 Å². The van der Waals surface area contributed by atoms with Crippen molar-refractivity contribution in [2.24, 2.45) is 0 Å². The highest BCUT2D eigenvalue weighted by Gasteiger charge is 2.35. The first-order valence-corrected chi connectivity index (χ1v) is 4.51. The molecule has 0 saturated heterocycles. The van der Waals surface area contributed by atoms with E-state index >= 15 is 0 Å². The first kappa shape index (κ1) is 10.6. The highest BCUT2D eigenvalue weighted by atomic mass is 19.4. The van der Waals surface area contributed by atoms with E-state index in [-0.39, 0.29) is 5.56 Å². The van der Waals surface area contributed by atoms with Crippen LogP contribution in [0.15, 0.2) is 42.9 Å². The van der Waals surface area contributed by atoms with Crippen LogP contribution in [0.2, 0.25) is 0 Å². The summed E-state index contributed by atoms with van der Waals surface area (Å²) in [7, 11) is 0. The van der Waals surface area contributed by atoms with Gasteiger partial charge in [-0.3, -0.25) is 0 Å². The van der Waals surface area contributed by atoms with Crippen molar-refractivity contribution in [3.8, 4) is 11.1 Å². The van der Waals surface area contributed by atoms with Gasteiger partial charge in [-0.25, -0.2) is 9.97 Å². The summed E-state index contributed by atoms with van der Waals surface area (Å²) in [6, 6.07) is 8.26. The van der Waals surface area contributed by atoms with E-state index in [0.29, 0.717) is 5.56 Å². The Morgan fingerprint density at radius 3 is 2.31 bits per heavy atom. The van der Waals surface area contributed by atoms with Crippen molar-refractivity contribution in [2.75, 3.05) is 0 Å². The van der Waals surface area contributed by atoms with Crippen LogP contribution in [0.5, 0.6) is 0 Å². The Labute approximate surface area is 89.8 Å². The van der Waals surface area contributed by atoms with Crippen LogP contribution < -0.4 is 0 Å². The molecule has 82 valence electrons. The molecule has 1 aromatic carbocycles. The summed E-state index contributed by atoms with van der Waals surface area (Å²) in [6.45, 7) is 0. The third-order valence-electron chi connectivity index (χ3n) is 2.07. The maximum absolute atomic E-state index is 12.6. The van der Waals surface area contributed by atoms with Gasteiger partial charge in [0.05, 0.1) is 0 Å². The van der Waals surface area contributed by atoms with Crippen LogP contribution in [0, 0.1) is 0 Å². The fourth-order valence-electron chi connectivity index (χ4n) is 1.38. The van der Waals surface area contributed by atoms with Crippen LogP contribution in [-0.2, 0) is 6.18 Å². The van der Waals surface area contributed by atoms with Gasteiger partial charge in [0.2, 0.25) is 0 Å². The first-order valence-electron chi connectivity index (χ1n) is 4.51.